The first-order valence-corrected chi connectivity index (χ1v) is 10.4. The molecule has 1 N–H and O–H groups in total. The Morgan fingerprint density at radius 1 is 1.08 bits per heavy atom. The van der Waals surface area contributed by atoms with Crippen molar-refractivity contribution in [3.05, 3.63) is 57.5 Å². The van der Waals surface area contributed by atoms with Gasteiger partial charge in [0.1, 0.15) is 0 Å². The van der Waals surface area contributed by atoms with Gasteiger partial charge in [-0.3, -0.25) is 0 Å². The summed E-state index contributed by atoms with van der Waals surface area (Å²) in [6.07, 6.45) is 8.74. The number of allylic oxidation sites excluding steroid dienone is 4. The summed E-state index contributed by atoms with van der Waals surface area (Å²) in [7, 11) is -3.44. The van der Waals surface area contributed by atoms with E-state index in [1.807, 2.05) is 0 Å². The zero-order valence-electron chi connectivity index (χ0n) is 14.0. The van der Waals surface area contributed by atoms with E-state index in [9.17, 15) is 8.42 Å². The van der Waals surface area contributed by atoms with Crippen LogP contribution in [-0.2, 0) is 15.4 Å². The Morgan fingerprint density at radius 3 is 2.33 bits per heavy atom. The molecule has 1 fully saturated rings. The Balaban J connectivity index is 1.79. The van der Waals surface area contributed by atoms with Crippen molar-refractivity contribution in [1.82, 2.24) is 4.72 Å². The van der Waals surface area contributed by atoms with Crippen LogP contribution in [0.1, 0.15) is 49.7 Å². The smallest absolute Gasteiger partial charge is 0.211 e. The van der Waals surface area contributed by atoms with E-state index in [0.717, 1.165) is 25.7 Å². The van der Waals surface area contributed by atoms with Crippen LogP contribution in [0.5, 0.6) is 0 Å². The topological polar surface area (TPSA) is 46.2 Å². The fourth-order valence-corrected chi connectivity index (χ4v) is 5.10. The number of halogens is 1. The lowest BCUT2D eigenvalue weighted by Gasteiger charge is -2.30. The van der Waals surface area contributed by atoms with Crippen LogP contribution in [0.3, 0.4) is 0 Å². The summed E-state index contributed by atoms with van der Waals surface area (Å²) in [5.41, 5.74) is 2.39. The zero-order valence-corrected chi connectivity index (χ0v) is 15.6. The molecule has 0 heterocycles. The van der Waals surface area contributed by atoms with Crippen molar-refractivity contribution in [2.75, 3.05) is 6.54 Å². The third-order valence-electron chi connectivity index (χ3n) is 5.23. The van der Waals surface area contributed by atoms with Crippen LogP contribution in [0.15, 0.2) is 46.4 Å². The third-order valence-corrected chi connectivity index (χ3v) is 7.10. The number of sulfonamides is 1. The number of benzene rings is 1. The highest BCUT2D eigenvalue weighted by atomic mass is 35.5. The van der Waals surface area contributed by atoms with Gasteiger partial charge in [-0.05, 0) is 50.3 Å². The molecule has 0 atom stereocenters. The fourth-order valence-electron chi connectivity index (χ4n) is 3.67. The van der Waals surface area contributed by atoms with Gasteiger partial charge in [0.2, 0.25) is 10.0 Å². The molecule has 0 spiro atoms. The molecule has 2 aliphatic rings. The molecule has 2 aliphatic carbocycles. The van der Waals surface area contributed by atoms with Gasteiger partial charge in [0.25, 0.3) is 0 Å². The minimum absolute atomic E-state index is 0.0799. The van der Waals surface area contributed by atoms with Gasteiger partial charge >= 0.3 is 0 Å². The van der Waals surface area contributed by atoms with Crippen molar-refractivity contribution < 1.29 is 8.42 Å². The molecule has 1 saturated carbocycles. The number of hydrogen-bond donors (Lipinski definition) is 1. The van der Waals surface area contributed by atoms with Crippen LogP contribution >= 0.6 is 11.6 Å². The second kappa shape index (κ2) is 7.03. The van der Waals surface area contributed by atoms with E-state index in [0.29, 0.717) is 29.3 Å². The Morgan fingerprint density at radius 2 is 1.75 bits per heavy atom. The average Bonchev–Trinajstić information content (AvgIpc) is 3.04. The maximum absolute atomic E-state index is 12.6. The molecule has 3 nitrogen and oxygen atoms in total. The lowest BCUT2D eigenvalue weighted by Crippen LogP contribution is -2.39. The molecule has 1 aromatic carbocycles. The van der Waals surface area contributed by atoms with Gasteiger partial charge < -0.3 is 0 Å². The van der Waals surface area contributed by atoms with Crippen LogP contribution < -0.4 is 4.72 Å². The summed E-state index contributed by atoms with van der Waals surface area (Å²) in [6, 6.07) is 8.52. The number of rotatable bonds is 5. The van der Waals surface area contributed by atoms with Gasteiger partial charge in [-0.25, -0.2) is 13.1 Å². The Bertz CT molecular complexity index is 757. The minimum Gasteiger partial charge on any atom is -0.211 e. The van der Waals surface area contributed by atoms with Crippen LogP contribution in [0.4, 0.5) is 0 Å². The van der Waals surface area contributed by atoms with Crippen molar-refractivity contribution in [2.24, 2.45) is 0 Å². The van der Waals surface area contributed by atoms with E-state index in [4.69, 9.17) is 11.6 Å². The van der Waals surface area contributed by atoms with Gasteiger partial charge in [0, 0.05) is 17.0 Å². The monoisotopic (exact) mass is 365 g/mol. The first kappa shape index (κ1) is 17.7. The third kappa shape index (κ3) is 3.76. The summed E-state index contributed by atoms with van der Waals surface area (Å²) in [6.45, 7) is 2.54. The molecule has 24 heavy (non-hydrogen) atoms. The first-order chi connectivity index (χ1) is 11.4. The van der Waals surface area contributed by atoms with E-state index in [-0.39, 0.29) is 5.41 Å². The SMILES string of the molecule is Cc1ccc(C2(CNS(=O)(=O)C3=CC=C(Cl)CC3)CCCC2)cc1. The summed E-state index contributed by atoms with van der Waals surface area (Å²) in [5, 5.41) is 0.709. The Hall–Kier alpha value is -1.10. The largest absolute Gasteiger partial charge is 0.236 e. The van der Waals surface area contributed by atoms with Crippen LogP contribution in [-0.4, -0.2) is 15.0 Å². The summed E-state index contributed by atoms with van der Waals surface area (Å²) >= 11 is 5.93. The minimum atomic E-state index is -3.44. The quantitative estimate of drug-likeness (QED) is 0.833. The Kier molecular flexibility index (Phi) is 5.19. The summed E-state index contributed by atoms with van der Waals surface area (Å²) in [5.74, 6) is 0. The van der Waals surface area contributed by atoms with Crippen molar-refractivity contribution in [3.63, 3.8) is 0 Å². The summed E-state index contributed by atoms with van der Waals surface area (Å²) < 4.78 is 28.1. The van der Waals surface area contributed by atoms with E-state index >= 15 is 0 Å². The van der Waals surface area contributed by atoms with Gasteiger partial charge in [0.05, 0.1) is 4.91 Å². The van der Waals surface area contributed by atoms with E-state index in [2.05, 4.69) is 35.9 Å². The van der Waals surface area contributed by atoms with Crippen LogP contribution in [0.25, 0.3) is 0 Å². The van der Waals surface area contributed by atoms with E-state index in [1.54, 1.807) is 12.2 Å². The van der Waals surface area contributed by atoms with Crippen molar-refractivity contribution in [1.29, 1.82) is 0 Å². The maximum atomic E-state index is 12.6. The molecule has 0 bridgehead atoms. The molecule has 5 heteroatoms. The lowest BCUT2D eigenvalue weighted by atomic mass is 9.79. The van der Waals surface area contributed by atoms with Crippen molar-refractivity contribution >= 4 is 21.6 Å². The summed E-state index contributed by atoms with van der Waals surface area (Å²) in [4.78, 5) is 0.434. The molecular formula is C19H24ClNO2S. The molecule has 0 saturated heterocycles. The molecular weight excluding hydrogens is 342 g/mol. The average molecular weight is 366 g/mol. The highest BCUT2D eigenvalue weighted by Crippen LogP contribution is 2.41. The number of nitrogens with one attached hydrogen (secondary N) is 1. The van der Waals surface area contributed by atoms with Crippen molar-refractivity contribution in [2.45, 2.75) is 50.9 Å². The number of hydrogen-bond acceptors (Lipinski definition) is 2. The van der Waals surface area contributed by atoms with Gasteiger partial charge in [-0.1, -0.05) is 54.3 Å². The molecule has 0 unspecified atom stereocenters. The fraction of sp³-hybridized carbons (Fsp3) is 0.474. The maximum Gasteiger partial charge on any atom is 0.236 e. The van der Waals surface area contributed by atoms with Gasteiger partial charge in [-0.15, -0.1) is 0 Å². The Labute approximate surface area is 149 Å². The first-order valence-electron chi connectivity index (χ1n) is 8.53. The zero-order chi connectivity index (χ0) is 17.2. The van der Waals surface area contributed by atoms with E-state index < -0.39 is 10.0 Å². The second-order valence-corrected chi connectivity index (χ2v) is 9.23. The molecule has 0 radical (unpaired) electrons. The predicted octanol–water partition coefficient (Wildman–Crippen LogP) is 4.53. The molecule has 0 aliphatic heterocycles. The highest BCUT2D eigenvalue weighted by Gasteiger charge is 2.37. The van der Waals surface area contributed by atoms with Crippen molar-refractivity contribution in [3.8, 4) is 0 Å². The lowest BCUT2D eigenvalue weighted by molar-refractivity contribution is 0.433. The van der Waals surface area contributed by atoms with Gasteiger partial charge in [0.15, 0.2) is 0 Å². The standard InChI is InChI=1S/C19H24ClNO2S/c1-15-4-6-16(7-5-15)19(12-2-3-13-19)14-21-24(22,23)18-10-8-17(20)9-11-18/h4-8,10,21H,2-3,9,11-14H2,1H3. The molecule has 3 rings (SSSR count). The van der Waals surface area contributed by atoms with Crippen LogP contribution in [0.2, 0.25) is 0 Å². The predicted molar refractivity (Wildman–Crippen MR) is 99.5 cm³/mol. The van der Waals surface area contributed by atoms with Gasteiger partial charge in [-0.2, -0.15) is 0 Å². The molecule has 0 aromatic heterocycles. The molecule has 130 valence electrons. The number of aryl methyl sites for hydroxylation is 1. The second-order valence-electron chi connectivity index (χ2n) is 6.92. The molecule has 0 amide bonds. The van der Waals surface area contributed by atoms with E-state index in [1.165, 1.54) is 11.1 Å². The molecule has 1 aromatic rings. The van der Waals surface area contributed by atoms with Crippen LogP contribution in [0, 0.1) is 6.92 Å². The highest BCUT2D eigenvalue weighted by molar-refractivity contribution is 7.93. The normalized spacial score (nSPS) is 20.6.